The molecule has 0 radical (unpaired) electrons. The van der Waals surface area contributed by atoms with Gasteiger partial charge in [0.1, 0.15) is 0 Å². The molecule has 98 valence electrons. The number of thioether (sulfide) groups is 1. The third-order valence-corrected chi connectivity index (χ3v) is 3.70. The first-order chi connectivity index (χ1) is 8.65. The highest BCUT2D eigenvalue weighted by molar-refractivity contribution is 7.98. The average molecular weight is 267 g/mol. The molecule has 5 nitrogen and oxygen atoms in total. The van der Waals surface area contributed by atoms with Crippen molar-refractivity contribution in [2.24, 2.45) is 0 Å². The van der Waals surface area contributed by atoms with Gasteiger partial charge in [0.2, 0.25) is 0 Å². The molecule has 1 aromatic carbocycles. The number of nitro benzene ring substituents is 1. The summed E-state index contributed by atoms with van der Waals surface area (Å²) in [6.45, 7) is 4.69. The van der Waals surface area contributed by atoms with Crippen molar-refractivity contribution in [3.05, 3.63) is 33.9 Å². The predicted octanol–water partition coefficient (Wildman–Crippen LogP) is 2.51. The zero-order chi connectivity index (χ0) is 13.1. The summed E-state index contributed by atoms with van der Waals surface area (Å²) in [4.78, 5) is 15.0. The van der Waals surface area contributed by atoms with Crippen LogP contribution in [0.3, 0.4) is 0 Å². The minimum atomic E-state index is -0.329. The molecule has 0 aromatic heterocycles. The number of hydrogen-bond acceptors (Lipinski definition) is 5. The molecule has 0 spiro atoms. The molecule has 0 saturated heterocycles. The van der Waals surface area contributed by atoms with Crippen molar-refractivity contribution in [2.75, 3.05) is 30.2 Å². The van der Waals surface area contributed by atoms with Gasteiger partial charge in [-0.05, 0) is 24.8 Å². The normalized spacial score (nSPS) is 15.6. The highest BCUT2D eigenvalue weighted by atomic mass is 32.2. The fourth-order valence-corrected chi connectivity index (χ4v) is 2.81. The molecule has 0 bridgehead atoms. The summed E-state index contributed by atoms with van der Waals surface area (Å²) in [6.07, 6.45) is 2.07. The molecule has 1 aromatic rings. The monoisotopic (exact) mass is 267 g/mol. The summed E-state index contributed by atoms with van der Waals surface area (Å²) in [7, 11) is 0. The molecule has 0 atom stereocenters. The van der Waals surface area contributed by atoms with Crippen LogP contribution in [-0.2, 0) is 6.54 Å². The standard InChI is InChI=1S/C12H17N3O2S/c1-3-14-8-13(9-18-2)7-10-6-11(15(16)17)4-5-12(10)14/h4-6H,3,7-9H2,1-2H3. The van der Waals surface area contributed by atoms with Crippen LogP contribution in [-0.4, -0.2) is 35.2 Å². The molecule has 0 saturated carbocycles. The van der Waals surface area contributed by atoms with Gasteiger partial charge in [-0.25, -0.2) is 0 Å². The summed E-state index contributed by atoms with van der Waals surface area (Å²) in [6, 6.07) is 5.16. The smallest absolute Gasteiger partial charge is 0.269 e. The van der Waals surface area contributed by atoms with E-state index in [-0.39, 0.29) is 10.6 Å². The van der Waals surface area contributed by atoms with Gasteiger partial charge in [-0.2, -0.15) is 0 Å². The second kappa shape index (κ2) is 5.58. The Kier molecular flexibility index (Phi) is 4.08. The first kappa shape index (κ1) is 13.2. The van der Waals surface area contributed by atoms with Gasteiger partial charge < -0.3 is 4.90 Å². The summed E-state index contributed by atoms with van der Waals surface area (Å²) < 4.78 is 0. The van der Waals surface area contributed by atoms with Gasteiger partial charge in [-0.1, -0.05) is 0 Å². The van der Waals surface area contributed by atoms with E-state index < -0.39 is 0 Å². The van der Waals surface area contributed by atoms with Gasteiger partial charge in [0.05, 0.1) is 11.6 Å². The second-order valence-corrected chi connectivity index (χ2v) is 5.15. The van der Waals surface area contributed by atoms with E-state index >= 15 is 0 Å². The average Bonchev–Trinajstić information content (AvgIpc) is 2.37. The van der Waals surface area contributed by atoms with Crippen LogP contribution in [0.5, 0.6) is 0 Å². The molecule has 0 N–H and O–H groups in total. The maximum Gasteiger partial charge on any atom is 0.269 e. The highest BCUT2D eigenvalue weighted by Crippen LogP contribution is 2.30. The number of benzene rings is 1. The molecule has 1 aliphatic heterocycles. The van der Waals surface area contributed by atoms with E-state index in [1.807, 2.05) is 6.07 Å². The molecule has 1 heterocycles. The quantitative estimate of drug-likeness (QED) is 0.619. The van der Waals surface area contributed by atoms with Gasteiger partial charge in [-0.15, -0.1) is 11.8 Å². The van der Waals surface area contributed by atoms with E-state index in [1.54, 1.807) is 23.9 Å². The number of fused-ring (bicyclic) bond motifs is 1. The summed E-state index contributed by atoms with van der Waals surface area (Å²) in [5.74, 6) is 0.943. The summed E-state index contributed by atoms with van der Waals surface area (Å²) in [5.41, 5.74) is 2.35. The fraction of sp³-hybridized carbons (Fsp3) is 0.500. The molecular formula is C12H17N3O2S. The summed E-state index contributed by atoms with van der Waals surface area (Å²) >= 11 is 1.77. The van der Waals surface area contributed by atoms with E-state index in [1.165, 1.54) is 0 Å². The van der Waals surface area contributed by atoms with Crippen molar-refractivity contribution in [3.8, 4) is 0 Å². The third kappa shape index (κ3) is 2.59. The Morgan fingerprint density at radius 2 is 2.28 bits per heavy atom. The van der Waals surface area contributed by atoms with Crippen molar-refractivity contribution in [1.82, 2.24) is 4.90 Å². The SMILES string of the molecule is CCN1CN(CSC)Cc2cc([N+](=O)[O-])ccc21. The Labute approximate surface area is 111 Å². The fourth-order valence-electron chi connectivity index (χ4n) is 2.27. The zero-order valence-electron chi connectivity index (χ0n) is 10.6. The van der Waals surface area contributed by atoms with Crippen molar-refractivity contribution < 1.29 is 4.92 Å². The second-order valence-electron chi connectivity index (χ2n) is 4.31. The van der Waals surface area contributed by atoms with Crippen LogP contribution < -0.4 is 4.90 Å². The Morgan fingerprint density at radius 3 is 2.89 bits per heavy atom. The van der Waals surface area contributed by atoms with Gasteiger partial charge in [-0.3, -0.25) is 15.0 Å². The third-order valence-electron chi connectivity index (χ3n) is 3.07. The van der Waals surface area contributed by atoms with Crippen LogP contribution in [0.25, 0.3) is 0 Å². The van der Waals surface area contributed by atoms with Crippen LogP contribution in [0.15, 0.2) is 18.2 Å². The number of anilines is 1. The largest absolute Gasteiger partial charge is 0.359 e. The molecule has 1 aliphatic rings. The Bertz CT molecular complexity index is 453. The highest BCUT2D eigenvalue weighted by Gasteiger charge is 2.23. The number of nitrogens with zero attached hydrogens (tertiary/aromatic N) is 3. The van der Waals surface area contributed by atoms with Crippen molar-refractivity contribution in [2.45, 2.75) is 13.5 Å². The number of non-ortho nitro benzene ring substituents is 1. The zero-order valence-corrected chi connectivity index (χ0v) is 11.4. The first-order valence-electron chi connectivity index (χ1n) is 5.89. The van der Waals surface area contributed by atoms with Gasteiger partial charge in [0.25, 0.3) is 5.69 Å². The lowest BCUT2D eigenvalue weighted by Crippen LogP contribution is -2.41. The van der Waals surface area contributed by atoms with E-state index in [2.05, 4.69) is 23.0 Å². The maximum absolute atomic E-state index is 10.8. The Morgan fingerprint density at radius 1 is 1.50 bits per heavy atom. The molecule has 0 fully saturated rings. The van der Waals surface area contributed by atoms with Gasteiger partial charge in [0.15, 0.2) is 0 Å². The van der Waals surface area contributed by atoms with Crippen molar-refractivity contribution >= 4 is 23.1 Å². The lowest BCUT2D eigenvalue weighted by molar-refractivity contribution is -0.384. The Balaban J connectivity index is 2.32. The molecule has 0 amide bonds. The van der Waals surface area contributed by atoms with Crippen LogP contribution in [0, 0.1) is 10.1 Å². The predicted molar refractivity (Wildman–Crippen MR) is 74.9 cm³/mol. The first-order valence-corrected chi connectivity index (χ1v) is 7.28. The Hall–Kier alpha value is -1.27. The number of nitro groups is 1. The molecule has 0 unspecified atom stereocenters. The van der Waals surface area contributed by atoms with E-state index in [0.29, 0.717) is 0 Å². The molecule has 2 rings (SSSR count). The van der Waals surface area contributed by atoms with Gasteiger partial charge >= 0.3 is 0 Å². The van der Waals surface area contributed by atoms with Crippen LogP contribution in [0.2, 0.25) is 0 Å². The van der Waals surface area contributed by atoms with Crippen LogP contribution in [0.1, 0.15) is 12.5 Å². The molecule has 6 heteroatoms. The minimum Gasteiger partial charge on any atom is -0.359 e. The molecular weight excluding hydrogens is 250 g/mol. The van der Waals surface area contributed by atoms with Crippen LogP contribution >= 0.6 is 11.8 Å². The number of rotatable bonds is 4. The van der Waals surface area contributed by atoms with Crippen molar-refractivity contribution in [1.29, 1.82) is 0 Å². The van der Waals surface area contributed by atoms with Crippen molar-refractivity contribution in [3.63, 3.8) is 0 Å². The summed E-state index contributed by atoms with van der Waals surface area (Å²) in [5, 5.41) is 10.8. The van der Waals surface area contributed by atoms with E-state index in [0.717, 1.165) is 36.9 Å². The lowest BCUT2D eigenvalue weighted by Gasteiger charge is -2.37. The lowest BCUT2D eigenvalue weighted by atomic mass is 10.1. The topological polar surface area (TPSA) is 49.6 Å². The number of hydrogen-bond donors (Lipinski definition) is 0. The van der Waals surface area contributed by atoms with Gasteiger partial charge in [0, 0.05) is 36.8 Å². The van der Waals surface area contributed by atoms with E-state index in [9.17, 15) is 10.1 Å². The van der Waals surface area contributed by atoms with Crippen LogP contribution in [0.4, 0.5) is 11.4 Å². The molecule has 0 aliphatic carbocycles. The molecule has 18 heavy (non-hydrogen) atoms. The van der Waals surface area contributed by atoms with E-state index in [4.69, 9.17) is 0 Å². The minimum absolute atomic E-state index is 0.177. The maximum atomic E-state index is 10.8.